The summed E-state index contributed by atoms with van der Waals surface area (Å²) in [6.07, 6.45) is 65.2. The summed E-state index contributed by atoms with van der Waals surface area (Å²) in [5.41, 5.74) is 0. The molecule has 0 saturated heterocycles. The molecule has 0 saturated carbocycles. The van der Waals surface area contributed by atoms with E-state index >= 15 is 0 Å². The number of allylic oxidation sites excluding steroid dienone is 8. The first-order valence-electron chi connectivity index (χ1n) is 28.1. The number of carbonyl (C=O) groups excluding carboxylic acids is 3. The van der Waals surface area contributed by atoms with Gasteiger partial charge in [0.2, 0.25) is 0 Å². The fourth-order valence-corrected chi connectivity index (χ4v) is 8.03. The Morgan fingerprint density at radius 1 is 0.308 bits per heavy atom. The highest BCUT2D eigenvalue weighted by atomic mass is 16.6. The predicted molar refractivity (Wildman–Crippen MR) is 279 cm³/mol. The molecular formula is C59H106O6. The minimum Gasteiger partial charge on any atom is -0.462 e. The third-order valence-corrected chi connectivity index (χ3v) is 12.3. The van der Waals surface area contributed by atoms with Gasteiger partial charge in [0.15, 0.2) is 6.10 Å². The third kappa shape index (κ3) is 52.2. The largest absolute Gasteiger partial charge is 0.462 e. The van der Waals surface area contributed by atoms with Crippen LogP contribution in [0, 0.1) is 0 Å². The van der Waals surface area contributed by atoms with Gasteiger partial charge in [-0.25, -0.2) is 0 Å². The van der Waals surface area contributed by atoms with Crippen LogP contribution in [0.1, 0.15) is 290 Å². The minimum atomic E-state index is -0.779. The molecule has 0 aliphatic rings. The van der Waals surface area contributed by atoms with Crippen LogP contribution >= 0.6 is 0 Å². The lowest BCUT2D eigenvalue weighted by Crippen LogP contribution is -2.30. The molecule has 0 spiro atoms. The zero-order valence-corrected chi connectivity index (χ0v) is 43.3. The summed E-state index contributed by atoms with van der Waals surface area (Å²) in [4.78, 5) is 38.1. The molecule has 0 unspecified atom stereocenters. The molecule has 0 rings (SSSR count). The lowest BCUT2D eigenvalue weighted by Gasteiger charge is -2.18. The van der Waals surface area contributed by atoms with Gasteiger partial charge in [0, 0.05) is 19.3 Å². The standard InChI is InChI=1S/C59H106O6/c1-4-7-10-13-16-19-22-25-27-28-29-30-32-34-37-40-43-46-49-52-58(61)64-55-56(54-63-57(60)51-48-45-42-39-36-33-24-21-18-15-12-9-6-3)65-59(62)53-50-47-44-41-38-35-31-26-23-20-17-14-11-8-5-2/h16-17,19-20,25-27,31,56H,4-15,18,21-24,28-30,32-55H2,1-3H3/b19-16-,20-17-,27-25-,31-26-/t56-/m0/s1. The van der Waals surface area contributed by atoms with Crippen LogP contribution in [0.5, 0.6) is 0 Å². The molecule has 0 radical (unpaired) electrons. The van der Waals surface area contributed by atoms with E-state index in [9.17, 15) is 14.4 Å². The van der Waals surface area contributed by atoms with Gasteiger partial charge in [-0.2, -0.15) is 0 Å². The predicted octanol–water partition coefficient (Wildman–Crippen LogP) is 18.7. The lowest BCUT2D eigenvalue weighted by molar-refractivity contribution is -0.167. The van der Waals surface area contributed by atoms with Gasteiger partial charge in [0.05, 0.1) is 0 Å². The van der Waals surface area contributed by atoms with Crippen molar-refractivity contribution in [1.82, 2.24) is 0 Å². The summed E-state index contributed by atoms with van der Waals surface area (Å²) >= 11 is 0. The molecule has 0 heterocycles. The number of carbonyl (C=O) groups is 3. The van der Waals surface area contributed by atoms with Gasteiger partial charge in [-0.05, 0) is 83.5 Å². The molecule has 6 nitrogen and oxygen atoms in total. The second kappa shape index (κ2) is 54.0. The zero-order chi connectivity index (χ0) is 47.2. The van der Waals surface area contributed by atoms with Crippen LogP contribution in [0.3, 0.4) is 0 Å². The smallest absolute Gasteiger partial charge is 0.306 e. The van der Waals surface area contributed by atoms with Crippen molar-refractivity contribution in [2.75, 3.05) is 13.2 Å². The molecule has 378 valence electrons. The maximum Gasteiger partial charge on any atom is 0.306 e. The van der Waals surface area contributed by atoms with E-state index < -0.39 is 6.10 Å². The van der Waals surface area contributed by atoms with Crippen molar-refractivity contribution in [1.29, 1.82) is 0 Å². The van der Waals surface area contributed by atoms with Gasteiger partial charge < -0.3 is 14.2 Å². The quantitative estimate of drug-likeness (QED) is 0.0262. The van der Waals surface area contributed by atoms with Gasteiger partial charge in [-0.1, -0.05) is 236 Å². The Morgan fingerprint density at radius 3 is 0.877 bits per heavy atom. The molecule has 65 heavy (non-hydrogen) atoms. The average Bonchev–Trinajstić information content (AvgIpc) is 3.30. The van der Waals surface area contributed by atoms with E-state index in [1.165, 1.54) is 161 Å². The number of ether oxygens (including phenoxy) is 3. The summed E-state index contributed by atoms with van der Waals surface area (Å²) in [5, 5.41) is 0. The number of hydrogen-bond acceptors (Lipinski definition) is 6. The first kappa shape index (κ1) is 62.4. The summed E-state index contributed by atoms with van der Waals surface area (Å²) in [5.74, 6) is -0.883. The summed E-state index contributed by atoms with van der Waals surface area (Å²) < 4.78 is 16.8. The van der Waals surface area contributed by atoms with E-state index in [1.807, 2.05) is 0 Å². The Balaban J connectivity index is 4.36. The van der Waals surface area contributed by atoms with Crippen LogP contribution < -0.4 is 0 Å². The zero-order valence-electron chi connectivity index (χ0n) is 43.3. The molecule has 0 aromatic heterocycles. The highest BCUT2D eigenvalue weighted by Crippen LogP contribution is 2.16. The second-order valence-electron chi connectivity index (χ2n) is 18.8. The van der Waals surface area contributed by atoms with Crippen LogP contribution in [-0.2, 0) is 28.6 Å². The Bertz CT molecular complexity index is 1140. The van der Waals surface area contributed by atoms with Crippen LogP contribution in [-0.4, -0.2) is 37.2 Å². The first-order valence-corrected chi connectivity index (χ1v) is 28.1. The molecule has 0 aliphatic carbocycles. The van der Waals surface area contributed by atoms with Crippen molar-refractivity contribution in [3.63, 3.8) is 0 Å². The molecule has 1 atom stereocenters. The van der Waals surface area contributed by atoms with Crippen molar-refractivity contribution in [3.8, 4) is 0 Å². The topological polar surface area (TPSA) is 78.9 Å². The molecule has 0 N–H and O–H groups in total. The average molecular weight is 911 g/mol. The van der Waals surface area contributed by atoms with Gasteiger partial charge in [0.1, 0.15) is 13.2 Å². The Morgan fingerprint density at radius 2 is 0.554 bits per heavy atom. The van der Waals surface area contributed by atoms with E-state index in [1.54, 1.807) is 0 Å². The van der Waals surface area contributed by atoms with Crippen molar-refractivity contribution in [2.45, 2.75) is 297 Å². The third-order valence-electron chi connectivity index (χ3n) is 12.3. The van der Waals surface area contributed by atoms with Crippen molar-refractivity contribution < 1.29 is 28.6 Å². The molecular weight excluding hydrogens is 805 g/mol. The summed E-state index contributed by atoms with van der Waals surface area (Å²) in [7, 11) is 0. The fourth-order valence-electron chi connectivity index (χ4n) is 8.03. The summed E-state index contributed by atoms with van der Waals surface area (Å²) in [6, 6.07) is 0. The van der Waals surface area contributed by atoms with Crippen molar-refractivity contribution >= 4 is 17.9 Å². The van der Waals surface area contributed by atoms with E-state index in [0.29, 0.717) is 19.3 Å². The number of rotatable bonds is 51. The van der Waals surface area contributed by atoms with Crippen LogP contribution in [0.15, 0.2) is 48.6 Å². The highest BCUT2D eigenvalue weighted by molar-refractivity contribution is 5.71. The number of esters is 3. The van der Waals surface area contributed by atoms with Gasteiger partial charge in [-0.3, -0.25) is 14.4 Å². The Kier molecular flexibility index (Phi) is 51.8. The Labute approximate surface area is 403 Å². The van der Waals surface area contributed by atoms with E-state index in [2.05, 4.69) is 69.4 Å². The molecule has 0 aromatic carbocycles. The highest BCUT2D eigenvalue weighted by Gasteiger charge is 2.19. The van der Waals surface area contributed by atoms with Gasteiger partial charge in [0.25, 0.3) is 0 Å². The monoisotopic (exact) mass is 911 g/mol. The van der Waals surface area contributed by atoms with E-state index in [4.69, 9.17) is 14.2 Å². The minimum absolute atomic E-state index is 0.0774. The molecule has 0 fully saturated rings. The second-order valence-corrected chi connectivity index (χ2v) is 18.8. The maximum absolute atomic E-state index is 12.8. The van der Waals surface area contributed by atoms with E-state index in [0.717, 1.165) is 89.9 Å². The Hall–Kier alpha value is -2.63. The number of unbranched alkanes of at least 4 members (excludes halogenated alkanes) is 32. The van der Waals surface area contributed by atoms with Gasteiger partial charge >= 0.3 is 17.9 Å². The number of hydrogen-bond donors (Lipinski definition) is 0. The van der Waals surface area contributed by atoms with E-state index in [-0.39, 0.29) is 31.1 Å². The molecule has 0 bridgehead atoms. The molecule has 0 aliphatic heterocycles. The SMILES string of the molecule is CCCCC/C=C\C/C=C\CCCCCCCCCCCC(=O)OC[C@H](COC(=O)CCCCCCCCCCCCCCC)OC(=O)CCCCCCC/C=C\C/C=C\CCCCC. The molecule has 6 heteroatoms. The molecule has 0 amide bonds. The lowest BCUT2D eigenvalue weighted by atomic mass is 10.0. The van der Waals surface area contributed by atoms with Crippen LogP contribution in [0.4, 0.5) is 0 Å². The fraction of sp³-hybridized carbons (Fsp3) is 0.814. The van der Waals surface area contributed by atoms with Crippen LogP contribution in [0.2, 0.25) is 0 Å². The summed E-state index contributed by atoms with van der Waals surface area (Å²) in [6.45, 7) is 6.60. The maximum atomic E-state index is 12.8. The first-order chi connectivity index (χ1) is 32.0. The molecule has 0 aromatic rings. The van der Waals surface area contributed by atoms with Crippen LogP contribution in [0.25, 0.3) is 0 Å². The van der Waals surface area contributed by atoms with Gasteiger partial charge in [-0.15, -0.1) is 0 Å². The normalized spacial score (nSPS) is 12.4. The van der Waals surface area contributed by atoms with Crippen molar-refractivity contribution in [3.05, 3.63) is 48.6 Å². The van der Waals surface area contributed by atoms with Crippen molar-refractivity contribution in [2.24, 2.45) is 0 Å².